The Morgan fingerprint density at radius 3 is 2.47 bits per heavy atom. The van der Waals surface area contributed by atoms with E-state index < -0.39 is 0 Å². The quantitative estimate of drug-likeness (QED) is 0.464. The number of rotatable bonds is 6. The van der Waals surface area contributed by atoms with E-state index in [4.69, 9.17) is 27.5 Å². The molecule has 0 aliphatic rings. The topological polar surface area (TPSA) is 59.1 Å². The van der Waals surface area contributed by atoms with Crippen LogP contribution >= 0.6 is 11.6 Å². The zero-order valence-corrected chi connectivity index (χ0v) is 11.1. The molecule has 1 aromatic rings. The molecule has 0 amide bonds. The van der Waals surface area contributed by atoms with E-state index in [0.29, 0.717) is 11.6 Å². The van der Waals surface area contributed by atoms with Crippen molar-refractivity contribution in [1.29, 1.82) is 5.41 Å². The lowest BCUT2D eigenvalue weighted by Crippen LogP contribution is -2.31. The second-order valence-corrected chi connectivity index (χ2v) is 5.14. The third kappa shape index (κ3) is 4.65. The second kappa shape index (κ2) is 5.92. The Morgan fingerprint density at radius 2 is 1.94 bits per heavy atom. The van der Waals surface area contributed by atoms with Crippen molar-refractivity contribution < 1.29 is 4.74 Å². The highest BCUT2D eigenvalue weighted by atomic mass is 35.5. The van der Waals surface area contributed by atoms with Gasteiger partial charge in [-0.3, -0.25) is 5.41 Å². The summed E-state index contributed by atoms with van der Waals surface area (Å²) in [4.78, 5) is 0. The van der Waals surface area contributed by atoms with Crippen LogP contribution in [0.5, 0.6) is 5.75 Å². The molecule has 0 unspecified atom stereocenters. The van der Waals surface area contributed by atoms with Crippen molar-refractivity contribution in [3.8, 4) is 5.75 Å². The SMILES string of the molecule is CC(C)(CCCOc1ccc(Cl)cc1)C(=N)N. The summed E-state index contributed by atoms with van der Waals surface area (Å²) in [5, 5.41) is 8.15. The Bertz CT molecular complexity index is 374. The van der Waals surface area contributed by atoms with Gasteiger partial charge >= 0.3 is 0 Å². The van der Waals surface area contributed by atoms with E-state index in [1.54, 1.807) is 12.1 Å². The molecule has 1 aromatic carbocycles. The molecule has 0 aromatic heterocycles. The molecule has 0 radical (unpaired) electrons. The zero-order valence-electron chi connectivity index (χ0n) is 10.3. The van der Waals surface area contributed by atoms with Crippen LogP contribution in [-0.2, 0) is 0 Å². The number of amidine groups is 1. The van der Waals surface area contributed by atoms with E-state index >= 15 is 0 Å². The van der Waals surface area contributed by atoms with Crippen LogP contribution in [0.2, 0.25) is 5.02 Å². The van der Waals surface area contributed by atoms with Crippen molar-refractivity contribution in [2.24, 2.45) is 11.1 Å². The summed E-state index contributed by atoms with van der Waals surface area (Å²) in [6, 6.07) is 7.30. The van der Waals surface area contributed by atoms with Gasteiger partial charge in [0.25, 0.3) is 0 Å². The summed E-state index contributed by atoms with van der Waals surface area (Å²) in [5.74, 6) is 1.04. The van der Waals surface area contributed by atoms with Crippen LogP contribution in [-0.4, -0.2) is 12.4 Å². The first kappa shape index (κ1) is 13.8. The van der Waals surface area contributed by atoms with Gasteiger partial charge in [0.05, 0.1) is 12.4 Å². The number of nitrogens with one attached hydrogen (secondary N) is 1. The van der Waals surface area contributed by atoms with Crippen molar-refractivity contribution in [2.75, 3.05) is 6.61 Å². The molecule has 0 spiro atoms. The maximum absolute atomic E-state index is 7.44. The van der Waals surface area contributed by atoms with Crippen molar-refractivity contribution in [1.82, 2.24) is 0 Å². The van der Waals surface area contributed by atoms with Crippen molar-refractivity contribution in [2.45, 2.75) is 26.7 Å². The minimum Gasteiger partial charge on any atom is -0.494 e. The highest BCUT2D eigenvalue weighted by Crippen LogP contribution is 2.22. The molecule has 4 heteroatoms. The number of hydrogen-bond acceptors (Lipinski definition) is 2. The fraction of sp³-hybridized carbons (Fsp3) is 0.462. The van der Waals surface area contributed by atoms with Crippen molar-refractivity contribution >= 4 is 17.4 Å². The largest absolute Gasteiger partial charge is 0.494 e. The first-order chi connectivity index (χ1) is 7.92. The predicted molar refractivity (Wildman–Crippen MR) is 71.9 cm³/mol. The van der Waals surface area contributed by atoms with Crippen LogP contribution in [0.25, 0.3) is 0 Å². The maximum atomic E-state index is 7.44. The zero-order chi connectivity index (χ0) is 12.9. The van der Waals surface area contributed by atoms with Gasteiger partial charge in [0.15, 0.2) is 0 Å². The first-order valence-electron chi connectivity index (χ1n) is 5.65. The molecule has 0 aliphatic carbocycles. The Labute approximate surface area is 107 Å². The molecule has 0 atom stereocenters. The smallest absolute Gasteiger partial charge is 0.119 e. The number of nitrogens with two attached hydrogens (primary N) is 1. The molecule has 0 heterocycles. The first-order valence-corrected chi connectivity index (χ1v) is 6.02. The monoisotopic (exact) mass is 254 g/mol. The van der Waals surface area contributed by atoms with E-state index in [-0.39, 0.29) is 11.3 Å². The van der Waals surface area contributed by atoms with Gasteiger partial charge in [-0.25, -0.2) is 0 Å². The molecule has 0 fully saturated rings. The lowest BCUT2D eigenvalue weighted by atomic mass is 9.87. The summed E-state index contributed by atoms with van der Waals surface area (Å²) in [6.45, 7) is 4.56. The van der Waals surface area contributed by atoms with Gasteiger partial charge in [-0.2, -0.15) is 0 Å². The molecule has 3 nitrogen and oxygen atoms in total. The summed E-state index contributed by atoms with van der Waals surface area (Å²) in [6.07, 6.45) is 1.71. The molecule has 0 bridgehead atoms. The predicted octanol–water partition coefficient (Wildman–Crippen LogP) is 3.46. The lowest BCUT2D eigenvalue weighted by Gasteiger charge is -2.22. The molecular weight excluding hydrogens is 236 g/mol. The fourth-order valence-electron chi connectivity index (χ4n) is 1.37. The van der Waals surface area contributed by atoms with E-state index in [2.05, 4.69) is 0 Å². The number of halogens is 1. The van der Waals surface area contributed by atoms with Crippen LogP contribution < -0.4 is 10.5 Å². The Morgan fingerprint density at radius 1 is 1.35 bits per heavy atom. The Kier molecular flexibility index (Phi) is 4.82. The van der Waals surface area contributed by atoms with Crippen LogP contribution in [0.4, 0.5) is 0 Å². The van der Waals surface area contributed by atoms with Gasteiger partial charge in [-0.15, -0.1) is 0 Å². The second-order valence-electron chi connectivity index (χ2n) is 4.70. The highest BCUT2D eigenvalue weighted by molar-refractivity contribution is 6.30. The molecule has 3 N–H and O–H groups in total. The number of hydrogen-bond donors (Lipinski definition) is 2. The molecule has 94 valence electrons. The van der Waals surface area contributed by atoms with E-state index in [1.807, 2.05) is 26.0 Å². The average Bonchev–Trinajstić information content (AvgIpc) is 2.26. The van der Waals surface area contributed by atoms with Gasteiger partial charge in [0.1, 0.15) is 5.75 Å². The van der Waals surface area contributed by atoms with Crippen LogP contribution in [0.1, 0.15) is 26.7 Å². The molecular formula is C13H19ClN2O. The minimum absolute atomic E-state index is 0.226. The van der Waals surface area contributed by atoms with Crippen LogP contribution in [0.15, 0.2) is 24.3 Å². The molecule has 0 aliphatic heterocycles. The van der Waals surface area contributed by atoms with E-state index in [0.717, 1.165) is 18.6 Å². The fourth-order valence-corrected chi connectivity index (χ4v) is 1.50. The van der Waals surface area contributed by atoms with Gasteiger partial charge < -0.3 is 10.5 Å². The molecule has 17 heavy (non-hydrogen) atoms. The van der Waals surface area contributed by atoms with E-state index in [1.165, 1.54) is 0 Å². The van der Waals surface area contributed by atoms with Gasteiger partial charge in [-0.1, -0.05) is 25.4 Å². The summed E-state index contributed by atoms with van der Waals surface area (Å²) >= 11 is 5.77. The van der Waals surface area contributed by atoms with E-state index in [9.17, 15) is 0 Å². The normalized spacial score (nSPS) is 11.2. The minimum atomic E-state index is -0.247. The summed E-state index contributed by atoms with van der Waals surface area (Å²) < 4.78 is 5.57. The third-order valence-electron chi connectivity index (χ3n) is 2.76. The third-order valence-corrected chi connectivity index (χ3v) is 3.01. The number of benzene rings is 1. The molecule has 0 saturated heterocycles. The standard InChI is InChI=1S/C13H19ClN2O/c1-13(2,12(15)16)8-3-9-17-11-6-4-10(14)5-7-11/h4-7H,3,8-9H2,1-2H3,(H3,15,16). The lowest BCUT2D eigenvalue weighted by molar-refractivity contribution is 0.287. The van der Waals surface area contributed by atoms with Gasteiger partial charge in [-0.05, 0) is 37.1 Å². The van der Waals surface area contributed by atoms with Gasteiger partial charge in [0, 0.05) is 10.4 Å². The number of ether oxygens (including phenoxy) is 1. The Hall–Kier alpha value is -1.22. The average molecular weight is 255 g/mol. The highest BCUT2D eigenvalue weighted by Gasteiger charge is 2.20. The maximum Gasteiger partial charge on any atom is 0.119 e. The van der Waals surface area contributed by atoms with Crippen molar-refractivity contribution in [3.63, 3.8) is 0 Å². The summed E-state index contributed by atoms with van der Waals surface area (Å²) in [7, 11) is 0. The van der Waals surface area contributed by atoms with Crippen LogP contribution in [0, 0.1) is 10.8 Å². The van der Waals surface area contributed by atoms with Gasteiger partial charge in [0.2, 0.25) is 0 Å². The Balaban J connectivity index is 2.29. The van der Waals surface area contributed by atoms with Crippen molar-refractivity contribution in [3.05, 3.63) is 29.3 Å². The molecule has 1 rings (SSSR count). The van der Waals surface area contributed by atoms with Crippen LogP contribution in [0.3, 0.4) is 0 Å². The molecule has 0 saturated carbocycles. The summed E-state index contributed by atoms with van der Waals surface area (Å²) in [5.41, 5.74) is 5.26.